The topological polar surface area (TPSA) is 102 Å². The van der Waals surface area contributed by atoms with Crippen LogP contribution in [0.15, 0.2) is 42.9 Å². The predicted molar refractivity (Wildman–Crippen MR) is 150 cm³/mol. The Morgan fingerprint density at radius 1 is 1.11 bits per heavy atom. The van der Waals surface area contributed by atoms with Gasteiger partial charge in [0.25, 0.3) is 0 Å². The van der Waals surface area contributed by atoms with Crippen LogP contribution in [-0.4, -0.2) is 40.8 Å². The van der Waals surface area contributed by atoms with Gasteiger partial charge in [-0.05, 0) is 86.7 Å². The summed E-state index contributed by atoms with van der Waals surface area (Å²) in [6.07, 6.45) is 6.79. The van der Waals surface area contributed by atoms with Crippen LogP contribution in [0.3, 0.4) is 0 Å². The van der Waals surface area contributed by atoms with Gasteiger partial charge in [0.05, 0.1) is 12.3 Å². The summed E-state index contributed by atoms with van der Waals surface area (Å²) in [6.45, 7) is 13.0. The molecule has 2 amide bonds. The van der Waals surface area contributed by atoms with Crippen molar-refractivity contribution in [2.75, 3.05) is 23.8 Å². The van der Waals surface area contributed by atoms with Crippen molar-refractivity contribution in [2.24, 2.45) is 17.8 Å². The standard InChI is InChI=1S/C30H38N4O4/c1-7-8-11-37-17-24-19(3)27(24)28(35)34-26-14-21-12-20(22-15-31-10-9-18(22)2)13-25(23(21)16-32-26)33-29(36)38-30(4,5)6/h9-10,12-16,19,24,27H,7-8,11,17H2,1-6H3,(H,33,36)(H,32,34,35)/t19?,24-,27-/m0/s1. The molecule has 202 valence electrons. The summed E-state index contributed by atoms with van der Waals surface area (Å²) in [5, 5.41) is 7.43. The highest BCUT2D eigenvalue weighted by Gasteiger charge is 2.51. The monoisotopic (exact) mass is 518 g/mol. The molecular formula is C30H38N4O4. The highest BCUT2D eigenvalue weighted by Crippen LogP contribution is 2.46. The van der Waals surface area contributed by atoms with Gasteiger partial charge in [0, 0.05) is 42.1 Å². The van der Waals surface area contributed by atoms with Gasteiger partial charge in [0.1, 0.15) is 11.4 Å². The van der Waals surface area contributed by atoms with Crippen molar-refractivity contribution in [3.05, 3.63) is 48.4 Å². The zero-order valence-corrected chi connectivity index (χ0v) is 23.1. The number of carbonyl (C=O) groups is 2. The lowest BCUT2D eigenvalue weighted by Gasteiger charge is -2.20. The summed E-state index contributed by atoms with van der Waals surface area (Å²) in [5.41, 5.74) is 2.83. The van der Waals surface area contributed by atoms with Crippen LogP contribution in [0.4, 0.5) is 16.3 Å². The summed E-state index contributed by atoms with van der Waals surface area (Å²) in [4.78, 5) is 34.4. The Morgan fingerprint density at radius 3 is 2.61 bits per heavy atom. The van der Waals surface area contributed by atoms with Gasteiger partial charge in [-0.15, -0.1) is 0 Å². The lowest BCUT2D eigenvalue weighted by atomic mass is 9.99. The van der Waals surface area contributed by atoms with Gasteiger partial charge in [-0.3, -0.25) is 15.1 Å². The van der Waals surface area contributed by atoms with Gasteiger partial charge >= 0.3 is 6.09 Å². The molecule has 3 aromatic rings. The van der Waals surface area contributed by atoms with Crippen LogP contribution in [0.5, 0.6) is 0 Å². The van der Waals surface area contributed by atoms with Gasteiger partial charge in [0.15, 0.2) is 0 Å². The number of fused-ring (bicyclic) bond motifs is 1. The molecule has 2 N–H and O–H groups in total. The number of amides is 2. The number of carbonyl (C=O) groups excluding carboxylic acids is 2. The molecule has 38 heavy (non-hydrogen) atoms. The number of benzene rings is 1. The molecule has 1 unspecified atom stereocenters. The molecule has 4 rings (SSSR count). The molecule has 0 radical (unpaired) electrons. The second kappa shape index (κ2) is 11.5. The number of unbranched alkanes of at least 4 members (excludes halogenated alkanes) is 1. The highest BCUT2D eigenvalue weighted by atomic mass is 16.6. The van der Waals surface area contributed by atoms with Gasteiger partial charge < -0.3 is 14.8 Å². The van der Waals surface area contributed by atoms with Crippen LogP contribution in [0.25, 0.3) is 21.9 Å². The number of hydrogen-bond acceptors (Lipinski definition) is 6. The Labute approximate surface area is 224 Å². The third-order valence-electron chi connectivity index (χ3n) is 6.89. The second-order valence-corrected chi connectivity index (χ2v) is 11.1. The zero-order valence-electron chi connectivity index (χ0n) is 23.1. The van der Waals surface area contributed by atoms with Crippen molar-refractivity contribution in [3.63, 3.8) is 0 Å². The first-order chi connectivity index (χ1) is 18.1. The second-order valence-electron chi connectivity index (χ2n) is 11.1. The number of pyridine rings is 2. The van der Waals surface area contributed by atoms with Gasteiger partial charge in [-0.1, -0.05) is 20.3 Å². The molecule has 1 aliphatic carbocycles. The SMILES string of the molecule is CCCCOC[C@H]1C(C)[C@@H]1C(=O)Nc1cc2cc(-c3cnccc3C)cc(NC(=O)OC(C)(C)C)c2cn1. The van der Waals surface area contributed by atoms with E-state index >= 15 is 0 Å². The minimum Gasteiger partial charge on any atom is -0.444 e. The Morgan fingerprint density at radius 2 is 1.89 bits per heavy atom. The Bertz CT molecular complexity index is 1320. The van der Waals surface area contributed by atoms with Crippen molar-refractivity contribution in [1.29, 1.82) is 0 Å². The van der Waals surface area contributed by atoms with Crippen molar-refractivity contribution < 1.29 is 19.1 Å². The average molecular weight is 519 g/mol. The third-order valence-corrected chi connectivity index (χ3v) is 6.89. The fraction of sp³-hybridized carbons (Fsp3) is 0.467. The van der Waals surface area contributed by atoms with E-state index in [1.807, 2.05) is 52.0 Å². The van der Waals surface area contributed by atoms with E-state index in [0.717, 1.165) is 46.9 Å². The normalized spacial score (nSPS) is 18.7. The molecule has 1 saturated carbocycles. The maximum Gasteiger partial charge on any atom is 0.412 e. The molecule has 2 aromatic heterocycles. The quantitative estimate of drug-likeness (QED) is 0.310. The van der Waals surface area contributed by atoms with Crippen LogP contribution in [0.1, 0.15) is 53.0 Å². The van der Waals surface area contributed by atoms with Crippen LogP contribution in [0, 0.1) is 24.7 Å². The van der Waals surface area contributed by atoms with Crippen molar-refractivity contribution in [3.8, 4) is 11.1 Å². The minimum absolute atomic E-state index is 0.0418. The van der Waals surface area contributed by atoms with Crippen molar-refractivity contribution >= 4 is 34.3 Å². The lowest BCUT2D eigenvalue weighted by molar-refractivity contribution is -0.118. The molecule has 0 bridgehead atoms. The minimum atomic E-state index is -0.633. The fourth-order valence-corrected chi connectivity index (χ4v) is 4.67. The Hall–Kier alpha value is -3.52. The van der Waals surface area contributed by atoms with Gasteiger partial charge in [-0.25, -0.2) is 9.78 Å². The molecule has 1 fully saturated rings. The smallest absolute Gasteiger partial charge is 0.412 e. The number of nitrogens with one attached hydrogen (secondary N) is 2. The molecule has 0 aliphatic heterocycles. The molecule has 1 aromatic carbocycles. The van der Waals surface area contributed by atoms with Gasteiger partial charge in [-0.2, -0.15) is 0 Å². The Balaban J connectivity index is 1.59. The largest absolute Gasteiger partial charge is 0.444 e. The summed E-state index contributed by atoms with van der Waals surface area (Å²) in [7, 11) is 0. The summed E-state index contributed by atoms with van der Waals surface area (Å²) in [6, 6.07) is 7.69. The fourth-order valence-electron chi connectivity index (χ4n) is 4.67. The average Bonchev–Trinajstić information content (AvgIpc) is 3.49. The molecule has 0 spiro atoms. The number of anilines is 2. The van der Waals surface area contributed by atoms with E-state index < -0.39 is 11.7 Å². The lowest BCUT2D eigenvalue weighted by Crippen LogP contribution is -2.27. The zero-order chi connectivity index (χ0) is 27.4. The first-order valence-corrected chi connectivity index (χ1v) is 13.3. The van der Waals surface area contributed by atoms with Gasteiger partial charge in [0.2, 0.25) is 5.91 Å². The number of aryl methyl sites for hydroxylation is 1. The number of aromatic nitrogens is 2. The number of nitrogens with zero attached hydrogens (tertiary/aromatic N) is 2. The van der Waals surface area contributed by atoms with Crippen LogP contribution in [0.2, 0.25) is 0 Å². The Kier molecular flexibility index (Phi) is 8.31. The molecular weight excluding hydrogens is 480 g/mol. The van der Waals surface area contributed by atoms with E-state index in [4.69, 9.17) is 9.47 Å². The third kappa shape index (κ3) is 6.67. The molecule has 0 saturated heterocycles. The van der Waals surface area contributed by atoms with Crippen LogP contribution < -0.4 is 10.6 Å². The molecule has 1 aliphatic rings. The van der Waals surface area contributed by atoms with Crippen molar-refractivity contribution in [2.45, 2.75) is 60.0 Å². The van der Waals surface area contributed by atoms with Crippen LogP contribution in [-0.2, 0) is 14.3 Å². The summed E-state index contributed by atoms with van der Waals surface area (Å²) < 4.78 is 11.2. The van der Waals surface area contributed by atoms with Crippen molar-refractivity contribution in [1.82, 2.24) is 9.97 Å². The van der Waals surface area contributed by atoms with Crippen LogP contribution >= 0.6 is 0 Å². The van der Waals surface area contributed by atoms with E-state index in [9.17, 15) is 9.59 Å². The first-order valence-electron chi connectivity index (χ1n) is 13.3. The maximum atomic E-state index is 13.0. The molecule has 2 heterocycles. The molecule has 8 heteroatoms. The number of ether oxygens (including phenoxy) is 2. The highest BCUT2D eigenvalue weighted by molar-refractivity contribution is 6.04. The van der Waals surface area contributed by atoms with E-state index in [2.05, 4.69) is 34.4 Å². The predicted octanol–water partition coefficient (Wildman–Crippen LogP) is 6.59. The first kappa shape index (κ1) is 27.5. The summed E-state index contributed by atoms with van der Waals surface area (Å²) >= 11 is 0. The van der Waals surface area contributed by atoms with E-state index in [0.29, 0.717) is 18.1 Å². The van der Waals surface area contributed by atoms with E-state index in [-0.39, 0.29) is 23.7 Å². The molecule has 8 nitrogen and oxygen atoms in total. The van der Waals surface area contributed by atoms with E-state index in [1.54, 1.807) is 18.6 Å². The number of rotatable bonds is 9. The van der Waals surface area contributed by atoms with E-state index in [1.165, 1.54) is 0 Å². The summed E-state index contributed by atoms with van der Waals surface area (Å²) in [5.74, 6) is 0.859. The number of hydrogen-bond donors (Lipinski definition) is 2. The molecule has 3 atom stereocenters. The maximum absolute atomic E-state index is 13.0.